The molecule has 3 nitrogen and oxygen atoms in total. The van der Waals surface area contributed by atoms with Gasteiger partial charge in [0.05, 0.1) is 11.7 Å². The van der Waals surface area contributed by atoms with E-state index in [0.717, 1.165) is 12.3 Å². The maximum atomic E-state index is 4.44. The maximum Gasteiger partial charge on any atom is 0.0584 e. The normalized spacial score (nSPS) is 13.5. The van der Waals surface area contributed by atoms with Crippen molar-refractivity contribution in [2.45, 2.75) is 58.4 Å². The fraction of sp³-hybridized carbons (Fsp3) is 0.786. The van der Waals surface area contributed by atoms with E-state index in [1.807, 2.05) is 18.0 Å². The van der Waals surface area contributed by atoms with Gasteiger partial charge in [0.15, 0.2) is 0 Å². The van der Waals surface area contributed by atoms with Crippen LogP contribution in [0.3, 0.4) is 0 Å². The Morgan fingerprint density at radius 2 is 2.06 bits per heavy atom. The predicted octanol–water partition coefficient (Wildman–Crippen LogP) is 3.65. The Bertz CT molecular complexity index is 334. The minimum Gasteiger partial charge on any atom is -0.308 e. The first kappa shape index (κ1) is 15.6. The smallest absolute Gasteiger partial charge is 0.0584 e. The molecule has 18 heavy (non-hydrogen) atoms. The molecule has 1 aromatic heterocycles. The summed E-state index contributed by atoms with van der Waals surface area (Å²) in [5.41, 5.74) is 1.31. The second kappa shape index (κ2) is 7.85. The van der Waals surface area contributed by atoms with Gasteiger partial charge < -0.3 is 5.32 Å². The quantitative estimate of drug-likeness (QED) is 0.781. The summed E-state index contributed by atoms with van der Waals surface area (Å²) < 4.78 is 2.13. The van der Waals surface area contributed by atoms with Crippen molar-refractivity contribution in [3.63, 3.8) is 0 Å². The molecule has 1 heterocycles. The third-order valence-electron chi connectivity index (χ3n) is 2.78. The van der Waals surface area contributed by atoms with Gasteiger partial charge in [0, 0.05) is 18.0 Å². The van der Waals surface area contributed by atoms with Gasteiger partial charge in [-0.3, -0.25) is 4.68 Å². The van der Waals surface area contributed by atoms with Crippen LogP contribution in [0.25, 0.3) is 0 Å². The number of nitrogens with zero attached hydrogens (tertiary/aromatic N) is 2. The van der Waals surface area contributed by atoms with E-state index in [1.54, 1.807) is 0 Å². The minimum absolute atomic E-state index is 0.405. The van der Waals surface area contributed by atoms with E-state index in [4.69, 9.17) is 0 Å². The zero-order valence-electron chi connectivity index (χ0n) is 12.3. The predicted molar refractivity (Wildman–Crippen MR) is 81.2 cm³/mol. The Balaban J connectivity index is 2.76. The number of nitrogens with one attached hydrogen (secondary N) is 1. The maximum absolute atomic E-state index is 4.44. The van der Waals surface area contributed by atoms with Crippen LogP contribution < -0.4 is 5.32 Å². The monoisotopic (exact) mass is 269 g/mol. The van der Waals surface area contributed by atoms with Crippen LogP contribution in [0.4, 0.5) is 0 Å². The van der Waals surface area contributed by atoms with Crippen molar-refractivity contribution >= 4 is 11.8 Å². The van der Waals surface area contributed by atoms with Crippen molar-refractivity contribution < 1.29 is 0 Å². The van der Waals surface area contributed by atoms with E-state index in [-0.39, 0.29) is 0 Å². The lowest BCUT2D eigenvalue weighted by molar-refractivity contribution is 0.463. The Kier molecular flexibility index (Phi) is 6.79. The molecule has 4 heteroatoms. The molecule has 1 atom stereocenters. The Hall–Kier alpha value is -0.480. The van der Waals surface area contributed by atoms with Crippen molar-refractivity contribution in [1.29, 1.82) is 0 Å². The Morgan fingerprint density at radius 3 is 2.61 bits per heavy atom. The largest absolute Gasteiger partial charge is 0.308 e. The van der Waals surface area contributed by atoms with Crippen LogP contribution in [-0.4, -0.2) is 27.3 Å². The lowest BCUT2D eigenvalue weighted by Gasteiger charge is -2.22. The third kappa shape index (κ3) is 4.65. The van der Waals surface area contributed by atoms with Gasteiger partial charge in [0.1, 0.15) is 0 Å². The molecular formula is C14H27N3S. The van der Waals surface area contributed by atoms with E-state index < -0.39 is 0 Å². The number of rotatable bonds is 8. The van der Waals surface area contributed by atoms with Gasteiger partial charge in [-0.15, -0.1) is 0 Å². The molecule has 0 aliphatic carbocycles. The molecular weight excluding hydrogens is 242 g/mol. The van der Waals surface area contributed by atoms with Crippen molar-refractivity contribution in [1.82, 2.24) is 15.1 Å². The zero-order chi connectivity index (χ0) is 13.5. The number of aromatic nitrogens is 2. The van der Waals surface area contributed by atoms with E-state index in [9.17, 15) is 0 Å². The number of hydrogen-bond donors (Lipinski definition) is 1. The standard InChI is InChI=1S/C14H27N3S/c1-6-8-15-13(10-18-12(4)5)14-7-9-16-17(14)11(2)3/h7,9,11-13,15H,6,8,10H2,1-5H3. The highest BCUT2D eigenvalue weighted by atomic mass is 32.2. The van der Waals surface area contributed by atoms with Crippen molar-refractivity contribution in [2.75, 3.05) is 12.3 Å². The number of hydrogen-bond acceptors (Lipinski definition) is 3. The first-order valence-electron chi connectivity index (χ1n) is 6.94. The fourth-order valence-corrected chi connectivity index (χ4v) is 2.75. The van der Waals surface area contributed by atoms with E-state index in [1.165, 1.54) is 12.1 Å². The highest BCUT2D eigenvalue weighted by Gasteiger charge is 2.17. The van der Waals surface area contributed by atoms with Gasteiger partial charge in [-0.1, -0.05) is 20.8 Å². The van der Waals surface area contributed by atoms with Crippen LogP contribution in [0.2, 0.25) is 0 Å². The van der Waals surface area contributed by atoms with Gasteiger partial charge in [0.25, 0.3) is 0 Å². The van der Waals surface area contributed by atoms with Crippen molar-refractivity contribution in [3.8, 4) is 0 Å². The van der Waals surface area contributed by atoms with E-state index in [2.05, 4.69) is 55.8 Å². The molecule has 0 fully saturated rings. The second-order valence-electron chi connectivity index (χ2n) is 5.18. The minimum atomic E-state index is 0.405. The average molecular weight is 269 g/mol. The molecule has 0 radical (unpaired) electrons. The van der Waals surface area contributed by atoms with Gasteiger partial charge >= 0.3 is 0 Å². The molecule has 0 spiro atoms. The van der Waals surface area contributed by atoms with E-state index >= 15 is 0 Å². The fourth-order valence-electron chi connectivity index (χ4n) is 1.89. The first-order chi connectivity index (χ1) is 8.56. The highest BCUT2D eigenvalue weighted by Crippen LogP contribution is 2.23. The van der Waals surface area contributed by atoms with Crippen LogP contribution in [0.5, 0.6) is 0 Å². The van der Waals surface area contributed by atoms with Crippen LogP contribution >= 0.6 is 11.8 Å². The summed E-state index contributed by atoms with van der Waals surface area (Å²) in [5, 5.41) is 8.75. The SMILES string of the molecule is CCCNC(CSC(C)C)c1ccnn1C(C)C. The summed E-state index contributed by atoms with van der Waals surface area (Å²) in [4.78, 5) is 0. The molecule has 0 saturated carbocycles. The molecule has 0 saturated heterocycles. The summed E-state index contributed by atoms with van der Waals surface area (Å²) >= 11 is 2.00. The van der Waals surface area contributed by atoms with Gasteiger partial charge in [0.2, 0.25) is 0 Å². The molecule has 0 amide bonds. The summed E-state index contributed by atoms with van der Waals surface area (Å²) in [5.74, 6) is 1.11. The van der Waals surface area contributed by atoms with Crippen LogP contribution in [0.15, 0.2) is 12.3 Å². The lowest BCUT2D eigenvalue weighted by Crippen LogP contribution is -2.27. The molecule has 0 aliphatic rings. The van der Waals surface area contributed by atoms with Crippen LogP contribution in [-0.2, 0) is 0 Å². The summed E-state index contributed by atoms with van der Waals surface area (Å²) in [7, 11) is 0. The molecule has 1 unspecified atom stereocenters. The summed E-state index contributed by atoms with van der Waals surface area (Å²) in [6, 6.07) is 2.97. The Morgan fingerprint density at radius 1 is 1.33 bits per heavy atom. The number of thioether (sulfide) groups is 1. The van der Waals surface area contributed by atoms with Crippen molar-refractivity contribution in [2.24, 2.45) is 0 Å². The molecule has 0 aliphatic heterocycles. The highest BCUT2D eigenvalue weighted by molar-refractivity contribution is 7.99. The molecule has 1 aromatic rings. The molecule has 1 N–H and O–H groups in total. The molecule has 0 bridgehead atoms. The van der Waals surface area contributed by atoms with Gasteiger partial charge in [-0.05, 0) is 38.1 Å². The second-order valence-corrected chi connectivity index (χ2v) is 6.79. The van der Waals surface area contributed by atoms with E-state index in [0.29, 0.717) is 17.3 Å². The van der Waals surface area contributed by atoms with Crippen molar-refractivity contribution in [3.05, 3.63) is 18.0 Å². The van der Waals surface area contributed by atoms with Gasteiger partial charge in [-0.2, -0.15) is 16.9 Å². The van der Waals surface area contributed by atoms with Crippen LogP contribution in [0.1, 0.15) is 58.8 Å². The Labute approximate surface area is 116 Å². The summed E-state index contributed by atoms with van der Waals surface area (Å²) in [6.45, 7) is 12.1. The molecule has 104 valence electrons. The first-order valence-corrected chi connectivity index (χ1v) is 7.99. The topological polar surface area (TPSA) is 29.9 Å². The van der Waals surface area contributed by atoms with Gasteiger partial charge in [-0.25, -0.2) is 0 Å². The zero-order valence-corrected chi connectivity index (χ0v) is 13.1. The molecule has 0 aromatic carbocycles. The lowest BCUT2D eigenvalue weighted by atomic mass is 10.2. The average Bonchev–Trinajstić information content (AvgIpc) is 2.78. The third-order valence-corrected chi connectivity index (χ3v) is 3.98. The molecule has 1 rings (SSSR count). The van der Waals surface area contributed by atoms with Crippen LogP contribution in [0, 0.1) is 0 Å². The summed E-state index contributed by atoms with van der Waals surface area (Å²) in [6.07, 6.45) is 3.08.